The van der Waals surface area contributed by atoms with Crippen molar-refractivity contribution >= 4 is 23.9 Å². The minimum atomic E-state index is -0.799. The van der Waals surface area contributed by atoms with Crippen LogP contribution in [0, 0.1) is 5.92 Å². The zero-order valence-electron chi connectivity index (χ0n) is 17.6. The zero-order chi connectivity index (χ0) is 22.1. The Labute approximate surface area is 175 Å². The van der Waals surface area contributed by atoms with Crippen molar-refractivity contribution in [3.63, 3.8) is 0 Å². The maximum Gasteiger partial charge on any atom is 0.331 e. The topological polar surface area (TPSA) is 109 Å². The lowest BCUT2D eigenvalue weighted by atomic mass is 9.99. The minimum absolute atomic E-state index is 0.123. The molecule has 0 saturated carbocycles. The van der Waals surface area contributed by atoms with Gasteiger partial charge in [0, 0.05) is 6.08 Å². The first-order chi connectivity index (χ1) is 14.4. The molecule has 0 radical (unpaired) electrons. The Morgan fingerprint density at radius 2 is 1.93 bits per heavy atom. The summed E-state index contributed by atoms with van der Waals surface area (Å²) in [5.74, 6) is -0.448. The molecule has 30 heavy (non-hydrogen) atoms. The molecule has 0 spiro atoms. The lowest BCUT2D eigenvalue weighted by Gasteiger charge is -2.21. The molecular formula is C21H27NO8. The number of ether oxygens (including phenoxy) is 5. The number of carbonyl (C=O) groups excluding carboxylic acids is 3. The van der Waals surface area contributed by atoms with E-state index in [1.807, 2.05) is 13.8 Å². The summed E-state index contributed by atoms with van der Waals surface area (Å²) in [6, 6.07) is 2.60. The van der Waals surface area contributed by atoms with Gasteiger partial charge in [-0.25, -0.2) is 9.59 Å². The molecule has 0 unspecified atom stereocenters. The summed E-state index contributed by atoms with van der Waals surface area (Å²) in [5.41, 5.74) is 0.639. The number of hydrogen-bond acceptors (Lipinski definition) is 8. The van der Waals surface area contributed by atoms with E-state index >= 15 is 0 Å². The molecule has 1 amide bonds. The highest BCUT2D eigenvalue weighted by atomic mass is 16.6. The van der Waals surface area contributed by atoms with E-state index in [0.29, 0.717) is 42.4 Å². The van der Waals surface area contributed by atoms with Crippen molar-refractivity contribution in [2.24, 2.45) is 5.92 Å². The van der Waals surface area contributed by atoms with Gasteiger partial charge in [0.05, 0.1) is 14.2 Å². The van der Waals surface area contributed by atoms with Crippen LogP contribution in [-0.4, -0.2) is 57.9 Å². The van der Waals surface area contributed by atoms with E-state index in [9.17, 15) is 14.4 Å². The molecule has 0 fully saturated rings. The Kier molecular flexibility index (Phi) is 8.52. The number of carbonyl (C=O) groups is 3. The highest BCUT2D eigenvalue weighted by Crippen LogP contribution is 2.40. The smallest absolute Gasteiger partial charge is 0.331 e. The maximum absolute atomic E-state index is 12.0. The summed E-state index contributed by atoms with van der Waals surface area (Å²) in [4.78, 5) is 35.8. The van der Waals surface area contributed by atoms with Crippen molar-refractivity contribution < 1.29 is 38.1 Å². The highest BCUT2D eigenvalue weighted by Gasteiger charge is 2.26. The fourth-order valence-electron chi connectivity index (χ4n) is 2.75. The van der Waals surface area contributed by atoms with Crippen LogP contribution >= 0.6 is 0 Å². The Bertz CT molecular complexity index is 787. The molecule has 0 aliphatic carbocycles. The van der Waals surface area contributed by atoms with Crippen molar-refractivity contribution in [3.8, 4) is 17.2 Å². The van der Waals surface area contributed by atoms with Gasteiger partial charge in [0.2, 0.25) is 5.75 Å². The fourth-order valence-corrected chi connectivity index (χ4v) is 2.75. The summed E-state index contributed by atoms with van der Waals surface area (Å²) < 4.78 is 26.0. The third kappa shape index (κ3) is 6.13. The van der Waals surface area contributed by atoms with Gasteiger partial charge in [-0.2, -0.15) is 0 Å². The van der Waals surface area contributed by atoms with Crippen LogP contribution in [0.2, 0.25) is 0 Å². The molecule has 1 aromatic rings. The van der Waals surface area contributed by atoms with Gasteiger partial charge in [0.25, 0.3) is 5.91 Å². The molecule has 0 aromatic heterocycles. The van der Waals surface area contributed by atoms with Crippen LogP contribution < -0.4 is 19.5 Å². The van der Waals surface area contributed by atoms with Crippen LogP contribution in [0.3, 0.4) is 0 Å². The molecule has 9 heteroatoms. The van der Waals surface area contributed by atoms with Crippen molar-refractivity contribution in [1.29, 1.82) is 0 Å². The monoisotopic (exact) mass is 421 g/mol. The van der Waals surface area contributed by atoms with Crippen LogP contribution in [0.5, 0.6) is 17.2 Å². The molecule has 9 nitrogen and oxygen atoms in total. The normalized spacial score (nSPS) is 14.5. The maximum atomic E-state index is 12.0. The van der Waals surface area contributed by atoms with Crippen molar-refractivity contribution in [3.05, 3.63) is 23.8 Å². The molecule has 0 saturated heterocycles. The average molecular weight is 421 g/mol. The van der Waals surface area contributed by atoms with Gasteiger partial charge in [-0.05, 0) is 29.7 Å². The molecular weight excluding hydrogens is 394 g/mol. The Balaban J connectivity index is 1.93. The van der Waals surface area contributed by atoms with Crippen LogP contribution in [0.1, 0.15) is 25.8 Å². The second-order valence-corrected chi connectivity index (χ2v) is 6.64. The number of rotatable bonds is 9. The number of fused-ring (bicyclic) bond motifs is 1. The van der Waals surface area contributed by atoms with Gasteiger partial charge in [-0.15, -0.1) is 0 Å². The Morgan fingerprint density at radius 3 is 2.60 bits per heavy atom. The molecule has 1 aromatic carbocycles. The van der Waals surface area contributed by atoms with Crippen LogP contribution in [-0.2, 0) is 23.9 Å². The quantitative estimate of drug-likeness (QED) is 0.474. The number of methoxy groups -OCH3 is 2. The van der Waals surface area contributed by atoms with Crippen molar-refractivity contribution in [2.75, 3.05) is 34.0 Å². The third-order valence-corrected chi connectivity index (χ3v) is 4.59. The highest BCUT2D eigenvalue weighted by molar-refractivity contribution is 5.90. The Morgan fingerprint density at radius 1 is 1.20 bits per heavy atom. The standard InChI is InChI=1S/C21H27NO8/c1-5-13(2)19(21(25)27-4)22-17(23)12-30-18(24)7-6-14-10-15(26-3)20-16(11-14)28-8-9-29-20/h6-7,10-11,13,19H,5,8-9,12H2,1-4H3,(H,22,23)/b7-6+/t13-,19+/m1/s1. The number of hydrogen-bond donors (Lipinski definition) is 1. The fraction of sp³-hybridized carbons (Fsp3) is 0.476. The number of nitrogens with one attached hydrogen (secondary N) is 1. The third-order valence-electron chi connectivity index (χ3n) is 4.59. The van der Waals surface area contributed by atoms with E-state index in [0.717, 1.165) is 0 Å². The van der Waals surface area contributed by atoms with Gasteiger partial charge >= 0.3 is 11.9 Å². The van der Waals surface area contributed by atoms with E-state index in [4.69, 9.17) is 23.7 Å². The van der Waals surface area contributed by atoms with Crippen LogP contribution in [0.25, 0.3) is 6.08 Å². The summed E-state index contributed by atoms with van der Waals surface area (Å²) >= 11 is 0. The lowest BCUT2D eigenvalue weighted by molar-refractivity contribution is -0.148. The minimum Gasteiger partial charge on any atom is -0.493 e. The van der Waals surface area contributed by atoms with Gasteiger partial charge in [-0.1, -0.05) is 20.3 Å². The first kappa shape index (κ1) is 23.1. The SMILES string of the molecule is CC[C@@H](C)[C@H](NC(=O)COC(=O)/C=C/c1cc(OC)c2c(c1)OCCO2)C(=O)OC. The predicted molar refractivity (Wildman–Crippen MR) is 107 cm³/mol. The first-order valence-electron chi connectivity index (χ1n) is 9.59. The number of esters is 2. The lowest BCUT2D eigenvalue weighted by Crippen LogP contribution is -2.47. The number of benzene rings is 1. The van der Waals surface area contributed by atoms with Crippen molar-refractivity contribution in [2.45, 2.75) is 26.3 Å². The molecule has 2 atom stereocenters. The zero-order valence-corrected chi connectivity index (χ0v) is 17.6. The summed E-state index contributed by atoms with van der Waals surface area (Å²) in [5, 5.41) is 2.54. The van der Waals surface area contributed by atoms with E-state index in [1.54, 1.807) is 12.1 Å². The number of amides is 1. The van der Waals surface area contributed by atoms with Gasteiger partial charge < -0.3 is 29.0 Å². The average Bonchev–Trinajstić information content (AvgIpc) is 2.78. The van der Waals surface area contributed by atoms with E-state index in [-0.39, 0.29) is 5.92 Å². The second kappa shape index (κ2) is 11.1. The van der Waals surface area contributed by atoms with E-state index < -0.39 is 30.5 Å². The second-order valence-electron chi connectivity index (χ2n) is 6.64. The molecule has 0 bridgehead atoms. The van der Waals surface area contributed by atoms with Gasteiger partial charge in [0.15, 0.2) is 18.1 Å². The van der Waals surface area contributed by atoms with Crippen LogP contribution in [0.15, 0.2) is 18.2 Å². The Hall–Kier alpha value is -3.23. The molecule has 2 rings (SSSR count). The van der Waals surface area contributed by atoms with Crippen LogP contribution in [0.4, 0.5) is 0 Å². The predicted octanol–water partition coefficient (Wildman–Crippen LogP) is 1.73. The van der Waals surface area contributed by atoms with E-state index in [1.165, 1.54) is 26.4 Å². The summed E-state index contributed by atoms with van der Waals surface area (Å²) in [6.07, 6.45) is 3.36. The molecule has 1 aliphatic heterocycles. The summed E-state index contributed by atoms with van der Waals surface area (Å²) in [7, 11) is 2.76. The van der Waals surface area contributed by atoms with Gasteiger partial charge in [-0.3, -0.25) is 4.79 Å². The van der Waals surface area contributed by atoms with Gasteiger partial charge in [0.1, 0.15) is 19.3 Å². The first-order valence-corrected chi connectivity index (χ1v) is 9.59. The molecule has 1 N–H and O–H groups in total. The molecule has 1 heterocycles. The molecule has 164 valence electrons. The molecule has 1 aliphatic rings. The largest absolute Gasteiger partial charge is 0.493 e. The van der Waals surface area contributed by atoms with Crippen molar-refractivity contribution in [1.82, 2.24) is 5.32 Å². The van der Waals surface area contributed by atoms with E-state index in [2.05, 4.69) is 5.32 Å². The summed E-state index contributed by atoms with van der Waals surface area (Å²) in [6.45, 7) is 4.05.